The molecule has 0 atom stereocenters. The van der Waals surface area contributed by atoms with Gasteiger partial charge in [0.05, 0.1) is 23.4 Å². The van der Waals surface area contributed by atoms with Crippen LogP contribution < -0.4 is 5.32 Å². The van der Waals surface area contributed by atoms with Crippen LogP contribution in [0.25, 0.3) is 22.6 Å². The lowest BCUT2D eigenvalue weighted by molar-refractivity contribution is 0.443. The predicted octanol–water partition coefficient (Wildman–Crippen LogP) is 4.13. The fourth-order valence-corrected chi connectivity index (χ4v) is 3.00. The van der Waals surface area contributed by atoms with Gasteiger partial charge in [0.1, 0.15) is 5.82 Å². The molecule has 6 heteroatoms. The summed E-state index contributed by atoms with van der Waals surface area (Å²) in [5.41, 5.74) is 3.41. The van der Waals surface area contributed by atoms with Gasteiger partial charge in [0, 0.05) is 24.3 Å². The van der Waals surface area contributed by atoms with Crippen molar-refractivity contribution in [3.8, 4) is 22.6 Å². The zero-order valence-corrected chi connectivity index (χ0v) is 14.1. The number of benzene rings is 1. The lowest BCUT2D eigenvalue weighted by atomic mass is 9.93. The Kier molecular flexibility index (Phi) is 4.17. The third-order valence-corrected chi connectivity index (χ3v) is 4.63. The molecule has 0 unspecified atom stereocenters. The van der Waals surface area contributed by atoms with Gasteiger partial charge in [-0.1, -0.05) is 0 Å². The highest BCUT2D eigenvalue weighted by molar-refractivity contribution is 5.77. The quantitative estimate of drug-likeness (QED) is 0.760. The third-order valence-electron chi connectivity index (χ3n) is 4.63. The van der Waals surface area contributed by atoms with Crippen molar-refractivity contribution in [3.05, 3.63) is 48.7 Å². The average Bonchev–Trinajstić information content (AvgIpc) is 3.03. The predicted molar refractivity (Wildman–Crippen MR) is 95.6 cm³/mol. The molecule has 25 heavy (non-hydrogen) atoms. The second kappa shape index (κ2) is 6.63. The molecule has 3 aromatic rings. The molecular weight excluding hydrogens is 317 g/mol. The maximum absolute atomic E-state index is 13.3. The molecule has 1 aromatic carbocycles. The second-order valence-corrected chi connectivity index (χ2v) is 6.27. The highest BCUT2D eigenvalue weighted by atomic mass is 19.1. The molecule has 1 aliphatic rings. The Labute approximate surface area is 146 Å². The molecule has 0 bridgehead atoms. The number of aryl methyl sites for hydroxylation is 1. The summed E-state index contributed by atoms with van der Waals surface area (Å²) in [5.74, 6) is 0.394. The topological polar surface area (TPSA) is 55.6 Å². The molecule has 2 aromatic heterocycles. The minimum atomic E-state index is -0.255. The van der Waals surface area contributed by atoms with Crippen molar-refractivity contribution in [1.82, 2.24) is 19.5 Å². The van der Waals surface area contributed by atoms with E-state index < -0.39 is 0 Å². The van der Waals surface area contributed by atoms with E-state index in [-0.39, 0.29) is 5.82 Å². The molecule has 0 amide bonds. The summed E-state index contributed by atoms with van der Waals surface area (Å²) in [7, 11) is 0. The van der Waals surface area contributed by atoms with Crippen LogP contribution in [0.4, 0.5) is 10.3 Å². The molecule has 1 saturated carbocycles. The van der Waals surface area contributed by atoms with Crippen LogP contribution in [-0.4, -0.2) is 25.6 Å². The summed E-state index contributed by atoms with van der Waals surface area (Å²) >= 11 is 0. The van der Waals surface area contributed by atoms with Gasteiger partial charge in [-0.25, -0.2) is 19.3 Å². The molecule has 128 valence electrons. The summed E-state index contributed by atoms with van der Waals surface area (Å²) in [6, 6.07) is 8.76. The normalized spacial score (nSPS) is 14.3. The van der Waals surface area contributed by atoms with Gasteiger partial charge in [0.2, 0.25) is 5.95 Å². The van der Waals surface area contributed by atoms with Crippen molar-refractivity contribution < 1.29 is 4.39 Å². The number of nitrogens with zero attached hydrogens (tertiary/aromatic N) is 4. The van der Waals surface area contributed by atoms with Crippen molar-refractivity contribution in [3.63, 3.8) is 0 Å². The molecule has 5 nitrogen and oxygen atoms in total. The van der Waals surface area contributed by atoms with E-state index in [0.29, 0.717) is 12.0 Å². The maximum Gasteiger partial charge on any atom is 0.223 e. The van der Waals surface area contributed by atoms with Crippen LogP contribution in [0.1, 0.15) is 26.2 Å². The van der Waals surface area contributed by atoms with Crippen LogP contribution in [0, 0.1) is 5.82 Å². The molecular formula is C19H20FN5. The smallest absolute Gasteiger partial charge is 0.223 e. The Balaban J connectivity index is 1.75. The number of imidazole rings is 1. The van der Waals surface area contributed by atoms with Crippen molar-refractivity contribution in [2.45, 2.75) is 38.8 Å². The Hall–Kier alpha value is -2.76. The first-order chi connectivity index (χ1) is 12.2. The van der Waals surface area contributed by atoms with E-state index in [1.165, 1.54) is 31.4 Å². The van der Waals surface area contributed by atoms with Gasteiger partial charge in [-0.15, -0.1) is 0 Å². The van der Waals surface area contributed by atoms with Crippen LogP contribution in [0.3, 0.4) is 0 Å². The van der Waals surface area contributed by atoms with E-state index in [2.05, 4.69) is 22.2 Å². The summed E-state index contributed by atoms with van der Waals surface area (Å²) in [4.78, 5) is 13.6. The summed E-state index contributed by atoms with van der Waals surface area (Å²) in [5, 5.41) is 3.38. The van der Waals surface area contributed by atoms with Crippen LogP contribution in [-0.2, 0) is 6.54 Å². The first-order valence-corrected chi connectivity index (χ1v) is 8.65. The maximum atomic E-state index is 13.3. The highest BCUT2D eigenvalue weighted by Gasteiger charge is 2.20. The van der Waals surface area contributed by atoms with Crippen LogP contribution in [0.15, 0.2) is 42.9 Å². The Morgan fingerprint density at radius 1 is 1.16 bits per heavy atom. The molecule has 0 aliphatic heterocycles. The van der Waals surface area contributed by atoms with E-state index in [9.17, 15) is 4.39 Å². The lowest BCUT2D eigenvalue weighted by Crippen LogP contribution is -2.28. The van der Waals surface area contributed by atoms with E-state index >= 15 is 0 Å². The van der Waals surface area contributed by atoms with E-state index in [1.807, 2.05) is 10.6 Å². The Morgan fingerprint density at radius 2 is 1.96 bits per heavy atom. The van der Waals surface area contributed by atoms with Gasteiger partial charge in [-0.3, -0.25) is 0 Å². The monoisotopic (exact) mass is 337 g/mol. The van der Waals surface area contributed by atoms with Crippen LogP contribution in [0.2, 0.25) is 0 Å². The van der Waals surface area contributed by atoms with Gasteiger partial charge in [0.25, 0.3) is 0 Å². The fourth-order valence-electron chi connectivity index (χ4n) is 3.00. The van der Waals surface area contributed by atoms with Crippen molar-refractivity contribution >= 4 is 5.95 Å². The van der Waals surface area contributed by atoms with E-state index in [0.717, 1.165) is 29.2 Å². The molecule has 1 fully saturated rings. The zero-order chi connectivity index (χ0) is 17.2. The number of anilines is 1. The number of aromatic nitrogens is 4. The largest absolute Gasteiger partial charge is 0.351 e. The Bertz CT molecular complexity index is 868. The third kappa shape index (κ3) is 3.12. The number of hydrogen-bond acceptors (Lipinski definition) is 4. The molecule has 4 rings (SSSR count). The average molecular weight is 337 g/mol. The van der Waals surface area contributed by atoms with Crippen molar-refractivity contribution in [1.29, 1.82) is 0 Å². The summed E-state index contributed by atoms with van der Waals surface area (Å²) in [6.45, 7) is 2.84. The van der Waals surface area contributed by atoms with Crippen molar-refractivity contribution in [2.75, 3.05) is 5.32 Å². The van der Waals surface area contributed by atoms with Gasteiger partial charge < -0.3 is 9.88 Å². The summed E-state index contributed by atoms with van der Waals surface area (Å²) < 4.78 is 15.3. The number of rotatable bonds is 5. The molecule has 0 spiro atoms. The second-order valence-electron chi connectivity index (χ2n) is 6.27. The molecule has 1 aliphatic carbocycles. The van der Waals surface area contributed by atoms with E-state index in [1.54, 1.807) is 24.7 Å². The SMILES string of the molecule is CCn1cnc(-c2ccc(F)cc2)c1-c1ccnc(NC2CCC2)n1. The number of nitrogens with one attached hydrogen (secondary N) is 1. The zero-order valence-electron chi connectivity index (χ0n) is 14.1. The molecule has 0 radical (unpaired) electrons. The Morgan fingerprint density at radius 3 is 2.64 bits per heavy atom. The first kappa shape index (κ1) is 15.7. The van der Waals surface area contributed by atoms with Crippen LogP contribution >= 0.6 is 0 Å². The first-order valence-electron chi connectivity index (χ1n) is 8.65. The molecule has 1 N–H and O–H groups in total. The minimum Gasteiger partial charge on any atom is -0.351 e. The van der Waals surface area contributed by atoms with Gasteiger partial charge in [-0.2, -0.15) is 0 Å². The molecule has 2 heterocycles. The minimum absolute atomic E-state index is 0.255. The van der Waals surface area contributed by atoms with Crippen LogP contribution in [0.5, 0.6) is 0 Å². The van der Waals surface area contributed by atoms with Gasteiger partial charge in [-0.05, 0) is 56.5 Å². The standard InChI is InChI=1S/C19H20FN5/c1-2-25-12-22-17(13-6-8-14(20)9-7-13)18(25)16-10-11-21-19(24-16)23-15-4-3-5-15/h6-12,15H,2-5H2,1H3,(H,21,23,24). The number of halogens is 1. The summed E-state index contributed by atoms with van der Waals surface area (Å²) in [6.07, 6.45) is 7.16. The van der Waals surface area contributed by atoms with E-state index in [4.69, 9.17) is 4.98 Å². The number of hydrogen-bond donors (Lipinski definition) is 1. The highest BCUT2D eigenvalue weighted by Crippen LogP contribution is 2.31. The van der Waals surface area contributed by atoms with Crippen molar-refractivity contribution in [2.24, 2.45) is 0 Å². The lowest BCUT2D eigenvalue weighted by Gasteiger charge is -2.26. The fraction of sp³-hybridized carbons (Fsp3) is 0.316. The van der Waals surface area contributed by atoms with Gasteiger partial charge in [0.15, 0.2) is 0 Å². The van der Waals surface area contributed by atoms with Gasteiger partial charge >= 0.3 is 0 Å². The molecule has 0 saturated heterocycles.